The van der Waals surface area contributed by atoms with Gasteiger partial charge in [0.05, 0.1) is 43.7 Å². The predicted molar refractivity (Wildman–Crippen MR) is 146 cm³/mol. The zero-order chi connectivity index (χ0) is 27.0. The van der Waals surface area contributed by atoms with E-state index in [0.29, 0.717) is 48.4 Å². The number of carbonyl (C=O) groups is 1. The Hall–Kier alpha value is -4.17. The van der Waals surface area contributed by atoms with Gasteiger partial charge in [-0.25, -0.2) is 18.1 Å². The molecule has 4 aromatic rings. The molecule has 1 aliphatic heterocycles. The summed E-state index contributed by atoms with van der Waals surface area (Å²) in [5, 5.41) is 15.6. The monoisotopic (exact) mass is 556 g/mol. The van der Waals surface area contributed by atoms with E-state index in [1.807, 2.05) is 9.62 Å². The van der Waals surface area contributed by atoms with Crippen LogP contribution in [0.3, 0.4) is 0 Å². The number of amides is 1. The number of anilines is 2. The SMILES string of the molecule is COc1cc2c(cc1O)[nH]c1nc[nH+]c(N3CCN(C(=S)Nc4ccc(S(=O)(=O)NC(C)=O)cc4)CC3)c12. The first-order valence-electron chi connectivity index (χ1n) is 11.7. The van der Waals surface area contributed by atoms with Crippen LogP contribution >= 0.6 is 12.2 Å². The average molecular weight is 557 g/mol. The van der Waals surface area contributed by atoms with Crippen molar-refractivity contribution in [1.82, 2.24) is 19.6 Å². The molecule has 38 heavy (non-hydrogen) atoms. The predicted octanol–water partition coefficient (Wildman–Crippen LogP) is 1.59. The van der Waals surface area contributed by atoms with Gasteiger partial charge in [0.2, 0.25) is 23.7 Å². The lowest BCUT2D eigenvalue weighted by atomic mass is 10.1. The molecule has 5 N–H and O–H groups in total. The van der Waals surface area contributed by atoms with Gasteiger partial charge in [-0.2, -0.15) is 0 Å². The van der Waals surface area contributed by atoms with Crippen LogP contribution in [0.1, 0.15) is 6.92 Å². The van der Waals surface area contributed by atoms with Gasteiger partial charge in [-0.3, -0.25) is 9.69 Å². The van der Waals surface area contributed by atoms with Gasteiger partial charge < -0.3 is 25.0 Å². The number of carbonyl (C=O) groups excluding carboxylic acids is 1. The second-order valence-corrected chi connectivity index (χ2v) is 10.8. The fraction of sp³-hybridized carbons (Fsp3) is 0.250. The van der Waals surface area contributed by atoms with E-state index in [-0.39, 0.29) is 10.6 Å². The Kier molecular flexibility index (Phi) is 6.67. The summed E-state index contributed by atoms with van der Waals surface area (Å²) < 4.78 is 31.5. The van der Waals surface area contributed by atoms with Crippen LogP contribution in [-0.2, 0) is 14.8 Å². The highest BCUT2D eigenvalue weighted by molar-refractivity contribution is 7.90. The fourth-order valence-electron chi connectivity index (χ4n) is 4.48. The number of methoxy groups -OCH3 is 1. The topological polar surface area (TPSA) is 154 Å². The molecular weight excluding hydrogens is 530 g/mol. The summed E-state index contributed by atoms with van der Waals surface area (Å²) in [4.78, 5) is 26.3. The number of fused-ring (bicyclic) bond motifs is 3. The molecular formula is C24H26N7O5S2+. The van der Waals surface area contributed by atoms with Crippen molar-refractivity contribution in [1.29, 1.82) is 0 Å². The van der Waals surface area contributed by atoms with Gasteiger partial charge in [0.1, 0.15) is 5.39 Å². The van der Waals surface area contributed by atoms with Gasteiger partial charge in [-0.05, 0) is 42.5 Å². The molecule has 3 heterocycles. The van der Waals surface area contributed by atoms with Crippen LogP contribution in [0.25, 0.3) is 21.9 Å². The number of benzene rings is 2. The Morgan fingerprint density at radius 2 is 1.89 bits per heavy atom. The van der Waals surface area contributed by atoms with Crippen molar-refractivity contribution in [2.45, 2.75) is 11.8 Å². The van der Waals surface area contributed by atoms with Gasteiger partial charge >= 0.3 is 0 Å². The first-order chi connectivity index (χ1) is 18.2. The molecule has 1 amide bonds. The minimum atomic E-state index is -3.89. The molecule has 2 aromatic carbocycles. The highest BCUT2D eigenvalue weighted by Crippen LogP contribution is 2.37. The molecule has 0 bridgehead atoms. The summed E-state index contributed by atoms with van der Waals surface area (Å²) in [6.07, 6.45) is 1.64. The van der Waals surface area contributed by atoms with Crippen molar-refractivity contribution in [3.05, 3.63) is 42.7 Å². The second kappa shape index (κ2) is 9.95. The number of hydrogen-bond acceptors (Lipinski definition) is 8. The maximum absolute atomic E-state index is 12.1. The van der Waals surface area contributed by atoms with E-state index >= 15 is 0 Å². The van der Waals surface area contributed by atoms with E-state index in [2.05, 4.69) is 25.2 Å². The van der Waals surface area contributed by atoms with E-state index in [0.717, 1.165) is 29.0 Å². The molecule has 0 unspecified atom stereocenters. The number of phenols is 1. The average Bonchev–Trinajstić information content (AvgIpc) is 3.25. The molecule has 1 fully saturated rings. The number of rotatable bonds is 5. The number of H-pyrrole nitrogens is 2. The van der Waals surface area contributed by atoms with Crippen molar-refractivity contribution < 1.29 is 28.0 Å². The number of aromatic amines is 2. The minimum Gasteiger partial charge on any atom is -0.504 e. The third kappa shape index (κ3) is 4.87. The largest absolute Gasteiger partial charge is 0.504 e. The van der Waals surface area contributed by atoms with Crippen LogP contribution in [0.5, 0.6) is 11.5 Å². The number of ether oxygens (including phenoxy) is 1. The summed E-state index contributed by atoms with van der Waals surface area (Å²) in [5.41, 5.74) is 2.09. The molecule has 0 spiro atoms. The standard InChI is InChI=1S/C24H25N7O5S2/c1-14(32)29-38(34,35)16-5-3-15(4-6-16)27-24(37)31-9-7-30(8-10-31)23-21-17-11-20(36-2)19(33)12-18(17)28-22(21)25-13-26-23/h3-6,11-13,33H,7-10H2,1-2H3,(H,27,37)(H,29,32)(H,25,26,28)/p+1. The molecule has 1 saturated heterocycles. The summed E-state index contributed by atoms with van der Waals surface area (Å²) in [6, 6.07) is 9.45. The highest BCUT2D eigenvalue weighted by Gasteiger charge is 2.27. The number of phenolic OH excluding ortho intramolecular Hbond substituents is 1. The Bertz CT molecular complexity index is 1650. The zero-order valence-corrected chi connectivity index (χ0v) is 22.2. The maximum atomic E-state index is 12.1. The summed E-state index contributed by atoms with van der Waals surface area (Å²) >= 11 is 5.60. The zero-order valence-electron chi connectivity index (χ0n) is 20.6. The molecule has 5 rings (SSSR count). The Morgan fingerprint density at radius 1 is 1.18 bits per heavy atom. The van der Waals surface area contributed by atoms with Crippen LogP contribution in [-0.4, -0.2) is 72.7 Å². The molecule has 198 valence electrons. The van der Waals surface area contributed by atoms with Crippen LogP contribution in [0.4, 0.5) is 11.5 Å². The first-order valence-corrected chi connectivity index (χ1v) is 13.6. The van der Waals surface area contributed by atoms with Gasteiger partial charge in [-0.1, -0.05) is 4.98 Å². The van der Waals surface area contributed by atoms with Gasteiger partial charge in [-0.15, -0.1) is 0 Å². The lowest BCUT2D eigenvalue weighted by molar-refractivity contribution is -0.367. The molecule has 12 nitrogen and oxygen atoms in total. The van der Waals surface area contributed by atoms with Crippen LogP contribution in [0.15, 0.2) is 47.6 Å². The molecule has 2 aromatic heterocycles. The molecule has 14 heteroatoms. The molecule has 0 aliphatic carbocycles. The number of nitrogens with one attached hydrogen (secondary N) is 4. The number of thiocarbonyl (C=S) groups is 1. The van der Waals surface area contributed by atoms with Crippen molar-refractivity contribution in [2.75, 3.05) is 43.5 Å². The van der Waals surface area contributed by atoms with Crippen LogP contribution in [0.2, 0.25) is 0 Å². The number of piperazine rings is 1. The van der Waals surface area contributed by atoms with Gasteiger partial charge in [0.15, 0.2) is 16.6 Å². The molecule has 0 atom stereocenters. The summed E-state index contributed by atoms with van der Waals surface area (Å²) in [7, 11) is -2.38. The fourth-order valence-corrected chi connectivity index (χ4v) is 5.77. The van der Waals surface area contributed by atoms with Crippen LogP contribution in [0, 0.1) is 0 Å². The third-order valence-electron chi connectivity index (χ3n) is 6.29. The normalized spacial score (nSPS) is 14.1. The molecule has 0 saturated carbocycles. The quantitative estimate of drug-likeness (QED) is 0.267. The molecule has 0 radical (unpaired) electrons. The Morgan fingerprint density at radius 3 is 2.55 bits per heavy atom. The lowest BCUT2D eigenvalue weighted by Crippen LogP contribution is -2.51. The van der Waals surface area contributed by atoms with Crippen molar-refractivity contribution in [2.24, 2.45) is 0 Å². The summed E-state index contributed by atoms with van der Waals surface area (Å²) in [5.74, 6) is 0.690. The van der Waals surface area contributed by atoms with E-state index in [1.165, 1.54) is 19.2 Å². The van der Waals surface area contributed by atoms with Crippen molar-refractivity contribution in [3.8, 4) is 11.5 Å². The number of hydrogen-bond donors (Lipinski definition) is 4. The van der Waals surface area contributed by atoms with E-state index in [4.69, 9.17) is 17.0 Å². The van der Waals surface area contributed by atoms with Crippen molar-refractivity contribution >= 4 is 66.7 Å². The smallest absolute Gasteiger partial charge is 0.264 e. The van der Waals surface area contributed by atoms with Gasteiger partial charge in [0.25, 0.3) is 10.0 Å². The number of aromatic hydroxyl groups is 1. The number of sulfonamides is 1. The van der Waals surface area contributed by atoms with E-state index in [9.17, 15) is 18.3 Å². The molecule has 1 aliphatic rings. The maximum Gasteiger partial charge on any atom is 0.264 e. The Labute approximate surface area is 223 Å². The highest BCUT2D eigenvalue weighted by atomic mass is 32.2. The second-order valence-electron chi connectivity index (χ2n) is 8.76. The minimum absolute atomic E-state index is 0.0113. The third-order valence-corrected chi connectivity index (χ3v) is 8.10. The van der Waals surface area contributed by atoms with Crippen LogP contribution < -0.4 is 24.7 Å². The van der Waals surface area contributed by atoms with Crippen molar-refractivity contribution in [3.63, 3.8) is 0 Å². The summed E-state index contributed by atoms with van der Waals surface area (Å²) in [6.45, 7) is 3.83. The number of nitrogens with zero attached hydrogens (tertiary/aromatic N) is 3. The van der Waals surface area contributed by atoms with Gasteiger partial charge in [0, 0.05) is 24.1 Å². The van der Waals surface area contributed by atoms with E-state index in [1.54, 1.807) is 30.6 Å². The lowest BCUT2D eigenvalue weighted by Gasteiger charge is -2.34. The first kappa shape index (κ1) is 25.5. The van der Waals surface area contributed by atoms with E-state index < -0.39 is 15.9 Å². The number of aromatic nitrogens is 3. The Balaban J connectivity index is 1.28.